The van der Waals surface area contributed by atoms with Crippen LogP contribution in [0.5, 0.6) is 11.5 Å². The van der Waals surface area contributed by atoms with Crippen LogP contribution in [0.4, 0.5) is 0 Å². The van der Waals surface area contributed by atoms with Crippen LogP contribution >= 0.6 is 0 Å². The van der Waals surface area contributed by atoms with Gasteiger partial charge in [0.25, 0.3) is 11.8 Å². The van der Waals surface area contributed by atoms with Gasteiger partial charge in [-0.3, -0.25) is 14.9 Å². The first kappa shape index (κ1) is 24.3. The van der Waals surface area contributed by atoms with E-state index in [0.29, 0.717) is 17.7 Å². The molecule has 4 rings (SSSR count). The van der Waals surface area contributed by atoms with Crippen molar-refractivity contribution in [3.05, 3.63) is 90.5 Å². The number of unbranched alkanes of at least 4 members (excludes halogenated alkanes) is 5. The van der Waals surface area contributed by atoms with Crippen LogP contribution in [-0.2, 0) is 9.59 Å². The Bertz CT molecular complexity index is 1140. The maximum absolute atomic E-state index is 11.7. The van der Waals surface area contributed by atoms with Crippen molar-refractivity contribution in [3.63, 3.8) is 0 Å². The Labute approximate surface area is 206 Å². The third-order valence-electron chi connectivity index (χ3n) is 5.96. The van der Waals surface area contributed by atoms with Gasteiger partial charge in [0.15, 0.2) is 0 Å². The monoisotopic (exact) mass is 469 g/mol. The second kappa shape index (κ2) is 12.6. The van der Waals surface area contributed by atoms with Gasteiger partial charge >= 0.3 is 0 Å². The van der Waals surface area contributed by atoms with Crippen LogP contribution in [0.15, 0.2) is 84.9 Å². The SMILES string of the molecule is O=C1C=C(c2ccc(OCCCCCCCCOc3ccc(-c4ccccc4)cc3)cc2)C(=O)N1. The largest absolute Gasteiger partial charge is 0.494 e. The van der Waals surface area contributed by atoms with Crippen LogP contribution in [0.1, 0.15) is 44.1 Å². The van der Waals surface area contributed by atoms with Crippen LogP contribution in [0.3, 0.4) is 0 Å². The molecule has 0 aromatic heterocycles. The third kappa shape index (κ3) is 7.31. The molecule has 3 aromatic rings. The lowest BCUT2D eigenvalue weighted by Crippen LogP contribution is -2.21. The molecular weight excluding hydrogens is 438 g/mol. The Balaban J connectivity index is 1.03. The Morgan fingerprint density at radius 3 is 1.54 bits per heavy atom. The predicted octanol–water partition coefficient (Wildman–Crippen LogP) is 6.19. The molecule has 5 heteroatoms. The van der Waals surface area contributed by atoms with Gasteiger partial charge in [-0.15, -0.1) is 0 Å². The van der Waals surface area contributed by atoms with E-state index >= 15 is 0 Å². The molecule has 5 nitrogen and oxygen atoms in total. The zero-order chi connectivity index (χ0) is 24.3. The zero-order valence-electron chi connectivity index (χ0n) is 19.9. The van der Waals surface area contributed by atoms with Gasteiger partial charge in [0.2, 0.25) is 0 Å². The quantitative estimate of drug-likeness (QED) is 0.239. The summed E-state index contributed by atoms with van der Waals surface area (Å²) in [7, 11) is 0. The minimum Gasteiger partial charge on any atom is -0.494 e. The Morgan fingerprint density at radius 2 is 1.03 bits per heavy atom. The number of nitrogens with one attached hydrogen (secondary N) is 1. The van der Waals surface area contributed by atoms with E-state index in [1.54, 1.807) is 12.1 Å². The van der Waals surface area contributed by atoms with Crippen molar-refractivity contribution >= 4 is 17.4 Å². The van der Waals surface area contributed by atoms with Crippen molar-refractivity contribution in [2.24, 2.45) is 0 Å². The molecule has 0 saturated carbocycles. The van der Waals surface area contributed by atoms with E-state index in [9.17, 15) is 9.59 Å². The van der Waals surface area contributed by atoms with Crippen LogP contribution < -0.4 is 14.8 Å². The standard InChI is InChI=1S/C30H31NO4/c32-29-22-28(30(33)31-29)25-14-18-27(19-15-25)35-21-9-4-2-1-3-8-20-34-26-16-12-24(13-17-26)23-10-6-5-7-11-23/h5-7,10-19,22H,1-4,8-9,20-21H2,(H,31,32,33). The molecule has 0 fully saturated rings. The molecule has 1 heterocycles. The maximum Gasteiger partial charge on any atom is 0.258 e. The summed E-state index contributed by atoms with van der Waals surface area (Å²) in [5.74, 6) is 0.971. The van der Waals surface area contributed by atoms with Crippen molar-refractivity contribution in [3.8, 4) is 22.6 Å². The van der Waals surface area contributed by atoms with Crippen molar-refractivity contribution in [2.75, 3.05) is 13.2 Å². The summed E-state index contributed by atoms with van der Waals surface area (Å²) in [6.07, 6.45) is 8.07. The van der Waals surface area contributed by atoms with Crippen molar-refractivity contribution in [1.82, 2.24) is 5.32 Å². The van der Waals surface area contributed by atoms with Crippen LogP contribution in [0.2, 0.25) is 0 Å². The minimum atomic E-state index is -0.369. The maximum atomic E-state index is 11.7. The summed E-state index contributed by atoms with van der Waals surface area (Å²) in [4.78, 5) is 23.0. The van der Waals surface area contributed by atoms with Gasteiger partial charge < -0.3 is 9.47 Å². The summed E-state index contributed by atoms with van der Waals surface area (Å²) >= 11 is 0. The van der Waals surface area contributed by atoms with E-state index in [4.69, 9.17) is 9.47 Å². The highest BCUT2D eigenvalue weighted by atomic mass is 16.5. The van der Waals surface area contributed by atoms with Gasteiger partial charge in [0.05, 0.1) is 18.8 Å². The number of ether oxygens (including phenoxy) is 2. The highest BCUT2D eigenvalue weighted by Crippen LogP contribution is 2.23. The molecule has 2 amide bonds. The van der Waals surface area contributed by atoms with E-state index < -0.39 is 0 Å². The summed E-state index contributed by atoms with van der Waals surface area (Å²) < 4.78 is 11.7. The lowest BCUT2D eigenvalue weighted by molar-refractivity contribution is -0.123. The van der Waals surface area contributed by atoms with Gasteiger partial charge in [0, 0.05) is 6.08 Å². The van der Waals surface area contributed by atoms with Crippen molar-refractivity contribution in [1.29, 1.82) is 0 Å². The van der Waals surface area contributed by atoms with Crippen molar-refractivity contribution in [2.45, 2.75) is 38.5 Å². The highest BCUT2D eigenvalue weighted by Gasteiger charge is 2.21. The molecule has 1 N–H and O–H groups in total. The first-order valence-electron chi connectivity index (χ1n) is 12.3. The van der Waals surface area contributed by atoms with Gasteiger partial charge in [0.1, 0.15) is 11.5 Å². The topological polar surface area (TPSA) is 64.6 Å². The Hall–Kier alpha value is -3.86. The molecule has 0 unspecified atom stereocenters. The van der Waals surface area contributed by atoms with Gasteiger partial charge in [-0.05, 0) is 53.8 Å². The van der Waals surface area contributed by atoms with Gasteiger partial charge in [-0.1, -0.05) is 80.3 Å². The second-order valence-electron chi connectivity index (χ2n) is 8.61. The van der Waals surface area contributed by atoms with E-state index in [2.05, 4.69) is 41.7 Å². The number of imide groups is 1. The number of amides is 2. The number of carbonyl (C=O) groups is 2. The second-order valence-corrected chi connectivity index (χ2v) is 8.61. The molecule has 35 heavy (non-hydrogen) atoms. The first-order chi connectivity index (χ1) is 17.2. The number of benzene rings is 3. The summed E-state index contributed by atoms with van der Waals surface area (Å²) in [5.41, 5.74) is 3.53. The first-order valence-corrected chi connectivity index (χ1v) is 12.3. The molecule has 0 saturated heterocycles. The molecule has 0 atom stereocenters. The summed E-state index contributed by atoms with van der Waals surface area (Å²) in [6, 6.07) is 25.9. The minimum absolute atomic E-state index is 0.354. The smallest absolute Gasteiger partial charge is 0.258 e. The van der Waals surface area contributed by atoms with E-state index in [1.807, 2.05) is 30.3 Å². The fourth-order valence-corrected chi connectivity index (χ4v) is 4.02. The zero-order valence-corrected chi connectivity index (χ0v) is 19.9. The molecule has 0 radical (unpaired) electrons. The molecule has 3 aromatic carbocycles. The fourth-order valence-electron chi connectivity index (χ4n) is 4.02. The van der Waals surface area contributed by atoms with Crippen LogP contribution in [0, 0.1) is 0 Å². The number of hydrogen-bond donors (Lipinski definition) is 1. The molecule has 0 bridgehead atoms. The summed E-state index contributed by atoms with van der Waals surface area (Å²) in [6.45, 7) is 1.42. The Morgan fingerprint density at radius 1 is 0.543 bits per heavy atom. The average Bonchev–Trinajstić information content (AvgIpc) is 3.24. The lowest BCUT2D eigenvalue weighted by atomic mass is 10.1. The lowest BCUT2D eigenvalue weighted by Gasteiger charge is -2.08. The average molecular weight is 470 g/mol. The predicted molar refractivity (Wildman–Crippen MR) is 138 cm³/mol. The van der Waals surface area contributed by atoms with E-state index in [1.165, 1.54) is 30.0 Å². The van der Waals surface area contributed by atoms with Crippen LogP contribution in [0.25, 0.3) is 16.7 Å². The molecule has 1 aliphatic heterocycles. The highest BCUT2D eigenvalue weighted by molar-refractivity contribution is 6.33. The normalized spacial score (nSPS) is 12.9. The molecule has 180 valence electrons. The molecule has 0 spiro atoms. The van der Waals surface area contributed by atoms with Gasteiger partial charge in [-0.2, -0.15) is 0 Å². The fraction of sp³-hybridized carbons (Fsp3) is 0.267. The number of carbonyl (C=O) groups excluding carboxylic acids is 2. The number of rotatable bonds is 13. The molecule has 0 aliphatic carbocycles. The summed E-state index contributed by atoms with van der Waals surface area (Å²) in [5, 5.41) is 2.26. The van der Waals surface area contributed by atoms with Crippen LogP contribution in [-0.4, -0.2) is 25.0 Å². The Kier molecular flexibility index (Phi) is 8.71. The third-order valence-corrected chi connectivity index (χ3v) is 5.96. The van der Waals surface area contributed by atoms with E-state index in [-0.39, 0.29) is 11.8 Å². The van der Waals surface area contributed by atoms with Gasteiger partial charge in [-0.25, -0.2) is 0 Å². The molecule has 1 aliphatic rings. The molecular formula is C30H31NO4. The number of hydrogen-bond acceptors (Lipinski definition) is 4. The van der Waals surface area contributed by atoms with E-state index in [0.717, 1.165) is 43.8 Å². The van der Waals surface area contributed by atoms with Crippen molar-refractivity contribution < 1.29 is 19.1 Å².